The van der Waals surface area contributed by atoms with Gasteiger partial charge in [-0.25, -0.2) is 0 Å². The van der Waals surface area contributed by atoms with Crippen molar-refractivity contribution in [2.45, 2.75) is 116 Å². The van der Waals surface area contributed by atoms with E-state index >= 15 is 0 Å². The fourth-order valence-corrected chi connectivity index (χ4v) is 9.01. The van der Waals surface area contributed by atoms with Crippen molar-refractivity contribution in [3.05, 3.63) is 23.3 Å². The molecule has 7 atom stereocenters. The molecule has 2 aliphatic heterocycles. The largest absolute Gasteiger partial charge is 0.504 e. The van der Waals surface area contributed by atoms with Crippen LogP contribution in [0.25, 0.3) is 0 Å². The number of nitrogens with zero attached hydrogens (tertiary/aromatic N) is 1. The summed E-state index contributed by atoms with van der Waals surface area (Å²) in [5.74, 6) is 0.820. The molecular weight excluding hydrogens is 438 g/mol. The topological polar surface area (TPSA) is 62.2 Å². The molecule has 0 radical (unpaired) electrons. The van der Waals surface area contributed by atoms with Crippen molar-refractivity contribution in [1.29, 1.82) is 0 Å². The van der Waals surface area contributed by atoms with Crippen LogP contribution in [0.15, 0.2) is 12.1 Å². The Hall–Kier alpha value is -1.30. The van der Waals surface area contributed by atoms with Gasteiger partial charge in [-0.2, -0.15) is 0 Å². The first-order valence-electron chi connectivity index (χ1n) is 13.9. The number of rotatable bonds is 5. The molecule has 2 N–H and O–H groups in total. The second kappa shape index (κ2) is 7.85. The monoisotopic (exact) mass is 485 g/mol. The van der Waals surface area contributed by atoms with Crippen LogP contribution in [0.5, 0.6) is 11.5 Å². The van der Waals surface area contributed by atoms with Crippen molar-refractivity contribution in [1.82, 2.24) is 4.90 Å². The predicted octanol–water partition coefficient (Wildman–Crippen LogP) is 5.58. The number of benzene rings is 1. The summed E-state index contributed by atoms with van der Waals surface area (Å²) in [5.41, 5.74) is 0.250. The highest BCUT2D eigenvalue weighted by Crippen LogP contribution is 2.76. The van der Waals surface area contributed by atoms with Gasteiger partial charge in [0.2, 0.25) is 0 Å². The van der Waals surface area contributed by atoms with Gasteiger partial charge >= 0.3 is 0 Å². The lowest BCUT2D eigenvalue weighted by Gasteiger charge is -2.74. The van der Waals surface area contributed by atoms with Crippen LogP contribution in [-0.2, 0) is 10.2 Å². The Morgan fingerprint density at radius 2 is 1.89 bits per heavy atom. The van der Waals surface area contributed by atoms with Crippen molar-refractivity contribution in [3.8, 4) is 11.5 Å². The standard InChI is InChI=1S/C30H47NO4/c1-9-10-16-31-17-15-29-23-19(2)11-12-21(32)24(23)35-25(29)30(34-8)14-13-28(29,20(31)3)18-22(30)27(7,33)26(4,5)6/h11-12,20,22,25,32-33H,9-10,13-18H2,1-8H3/t20-,22-,25-,27+,28-,29+,30+/m1/s1. The van der Waals surface area contributed by atoms with E-state index in [1.807, 2.05) is 14.0 Å². The van der Waals surface area contributed by atoms with Gasteiger partial charge in [-0.05, 0) is 88.4 Å². The average Bonchev–Trinajstić information content (AvgIpc) is 3.19. The average molecular weight is 486 g/mol. The summed E-state index contributed by atoms with van der Waals surface area (Å²) >= 11 is 0. The zero-order valence-electron chi connectivity index (χ0n) is 23.2. The lowest BCUT2D eigenvalue weighted by Crippen LogP contribution is -2.81. The summed E-state index contributed by atoms with van der Waals surface area (Å²) < 4.78 is 13.5. The van der Waals surface area contributed by atoms with Crippen molar-refractivity contribution in [2.24, 2.45) is 16.7 Å². The lowest BCUT2D eigenvalue weighted by molar-refractivity contribution is -0.309. The Morgan fingerprint density at radius 3 is 2.51 bits per heavy atom. The lowest BCUT2D eigenvalue weighted by atomic mass is 9.35. The molecule has 5 aliphatic rings. The quantitative estimate of drug-likeness (QED) is 0.570. The van der Waals surface area contributed by atoms with Gasteiger partial charge < -0.3 is 24.6 Å². The zero-order valence-corrected chi connectivity index (χ0v) is 23.2. The molecule has 2 spiro atoms. The summed E-state index contributed by atoms with van der Waals surface area (Å²) in [5, 5.41) is 23.2. The minimum atomic E-state index is -0.941. The molecule has 0 unspecified atom stereocenters. The molecule has 5 nitrogen and oxygen atoms in total. The number of ether oxygens (including phenoxy) is 2. The van der Waals surface area contributed by atoms with Crippen LogP contribution in [-0.4, -0.2) is 58.7 Å². The van der Waals surface area contributed by atoms with Crippen LogP contribution in [0, 0.1) is 23.7 Å². The first-order chi connectivity index (χ1) is 16.3. The maximum absolute atomic E-state index is 12.2. The maximum atomic E-state index is 12.2. The highest BCUT2D eigenvalue weighted by Gasteiger charge is 2.80. The molecule has 0 amide bonds. The van der Waals surface area contributed by atoms with Crippen molar-refractivity contribution in [2.75, 3.05) is 20.2 Å². The Balaban J connectivity index is 1.77. The fourth-order valence-electron chi connectivity index (χ4n) is 9.01. The first-order valence-corrected chi connectivity index (χ1v) is 13.9. The number of aliphatic hydroxyl groups is 1. The van der Waals surface area contributed by atoms with Crippen LogP contribution in [0.4, 0.5) is 0 Å². The molecule has 1 aromatic rings. The molecule has 2 heterocycles. The number of fused-ring (bicyclic) bond motifs is 3. The maximum Gasteiger partial charge on any atom is 0.165 e. The van der Waals surface area contributed by atoms with E-state index in [4.69, 9.17) is 9.47 Å². The number of hydrogen-bond acceptors (Lipinski definition) is 5. The zero-order chi connectivity index (χ0) is 25.6. The molecule has 1 saturated heterocycles. The van der Waals surface area contributed by atoms with Crippen LogP contribution in [0.1, 0.15) is 91.2 Å². The first kappa shape index (κ1) is 25.4. The van der Waals surface area contributed by atoms with Crippen LogP contribution in [0.3, 0.4) is 0 Å². The molecule has 3 saturated carbocycles. The third kappa shape index (κ3) is 2.92. The fraction of sp³-hybridized carbons (Fsp3) is 0.800. The van der Waals surface area contributed by atoms with Crippen molar-refractivity contribution >= 4 is 0 Å². The Labute approximate surface area is 212 Å². The van der Waals surface area contributed by atoms with E-state index in [0.29, 0.717) is 11.8 Å². The van der Waals surface area contributed by atoms with Gasteiger partial charge in [0.05, 0.1) is 5.60 Å². The Morgan fingerprint density at radius 1 is 1.17 bits per heavy atom. The molecule has 35 heavy (non-hydrogen) atoms. The van der Waals surface area contributed by atoms with Gasteiger partial charge in [-0.15, -0.1) is 0 Å². The third-order valence-corrected chi connectivity index (χ3v) is 11.4. The van der Waals surface area contributed by atoms with Crippen molar-refractivity contribution < 1.29 is 19.7 Å². The minimum Gasteiger partial charge on any atom is -0.504 e. The van der Waals surface area contributed by atoms with Gasteiger partial charge in [-0.3, -0.25) is 0 Å². The number of phenols is 1. The molecule has 1 aromatic carbocycles. The van der Waals surface area contributed by atoms with E-state index in [1.165, 1.54) is 24.0 Å². The van der Waals surface area contributed by atoms with Gasteiger partial charge in [0, 0.05) is 30.0 Å². The second-order valence-electron chi connectivity index (χ2n) is 13.4. The molecule has 6 rings (SSSR count). The second-order valence-corrected chi connectivity index (χ2v) is 13.4. The molecule has 2 bridgehead atoms. The third-order valence-electron chi connectivity index (χ3n) is 11.4. The highest BCUT2D eigenvalue weighted by atomic mass is 16.6. The number of unbranched alkanes of at least 4 members (excludes halogenated alkanes) is 1. The van der Waals surface area contributed by atoms with E-state index in [9.17, 15) is 10.2 Å². The number of methoxy groups -OCH3 is 1. The molecular formula is C30H47NO4. The van der Waals surface area contributed by atoms with Crippen LogP contribution < -0.4 is 4.74 Å². The van der Waals surface area contributed by atoms with Gasteiger partial charge in [-0.1, -0.05) is 40.2 Å². The highest BCUT2D eigenvalue weighted by molar-refractivity contribution is 5.61. The minimum absolute atomic E-state index is 0.0619. The molecule has 5 heteroatoms. The van der Waals surface area contributed by atoms with E-state index < -0.39 is 11.2 Å². The predicted molar refractivity (Wildman–Crippen MR) is 139 cm³/mol. The van der Waals surface area contributed by atoms with E-state index in [0.717, 1.165) is 38.8 Å². The molecule has 3 aliphatic carbocycles. The summed E-state index contributed by atoms with van der Waals surface area (Å²) in [7, 11) is 1.82. The van der Waals surface area contributed by atoms with Gasteiger partial charge in [0.25, 0.3) is 0 Å². The Kier molecular flexibility index (Phi) is 5.69. The molecule has 0 aromatic heterocycles. The number of phenolic OH excluding ortho intramolecular Hbond substituents is 1. The molecule has 196 valence electrons. The number of aryl methyl sites for hydroxylation is 1. The smallest absolute Gasteiger partial charge is 0.165 e. The van der Waals surface area contributed by atoms with Crippen LogP contribution in [0.2, 0.25) is 0 Å². The number of likely N-dealkylation sites (tertiary alicyclic amines) is 1. The number of aromatic hydroxyl groups is 1. The van der Waals surface area contributed by atoms with E-state index in [2.05, 4.69) is 52.5 Å². The summed E-state index contributed by atoms with van der Waals surface area (Å²) in [6.45, 7) is 17.4. The normalized spacial score (nSPS) is 40.0. The van der Waals surface area contributed by atoms with E-state index in [1.54, 1.807) is 6.07 Å². The number of hydrogen-bond donors (Lipinski definition) is 2. The summed E-state index contributed by atoms with van der Waals surface area (Å²) in [6.07, 6.45) is 6.00. The van der Waals surface area contributed by atoms with Gasteiger partial charge in [0.1, 0.15) is 11.7 Å². The van der Waals surface area contributed by atoms with Crippen LogP contribution >= 0.6 is 0 Å². The Bertz CT molecular complexity index is 999. The van der Waals surface area contributed by atoms with Crippen molar-refractivity contribution in [3.63, 3.8) is 0 Å². The molecule has 4 fully saturated rings. The van der Waals surface area contributed by atoms with Gasteiger partial charge in [0.15, 0.2) is 11.5 Å². The summed E-state index contributed by atoms with van der Waals surface area (Å²) in [6, 6.07) is 4.19. The summed E-state index contributed by atoms with van der Waals surface area (Å²) in [4.78, 5) is 2.70. The number of piperidine rings is 1. The van der Waals surface area contributed by atoms with E-state index in [-0.39, 0.29) is 34.0 Å². The SMILES string of the molecule is CCCCN1CC[C@]23c4c(C)ccc(O)c4O[C@H]2[C@]2(OC)CC[C@@]3(C[C@@H]2[C@](C)(O)C(C)(C)C)[C@H]1C.